The highest BCUT2D eigenvalue weighted by molar-refractivity contribution is 7.92. The molecule has 2 rings (SSSR count). The van der Waals surface area contributed by atoms with Crippen LogP contribution in [0.4, 0.5) is 10.1 Å². The molecule has 0 unspecified atom stereocenters. The molecule has 158 valence electrons. The zero-order chi connectivity index (χ0) is 21.4. The topological polar surface area (TPSA) is 75.7 Å². The highest BCUT2D eigenvalue weighted by Gasteiger charge is 2.18. The van der Waals surface area contributed by atoms with Gasteiger partial charge in [-0.05, 0) is 67.8 Å². The quantitative estimate of drug-likeness (QED) is 0.597. The fourth-order valence-corrected chi connectivity index (χ4v) is 3.89. The van der Waals surface area contributed by atoms with E-state index in [0.717, 1.165) is 17.4 Å². The molecular formula is C21H27FN2O4S. The highest BCUT2D eigenvalue weighted by atomic mass is 32.2. The molecule has 0 bridgehead atoms. The van der Waals surface area contributed by atoms with E-state index in [0.29, 0.717) is 24.4 Å². The molecule has 0 saturated carbocycles. The van der Waals surface area contributed by atoms with E-state index < -0.39 is 10.0 Å². The summed E-state index contributed by atoms with van der Waals surface area (Å²) in [6.07, 6.45) is 1.76. The number of aryl methyl sites for hydroxylation is 2. The summed E-state index contributed by atoms with van der Waals surface area (Å²) in [7, 11) is -3.45. The molecule has 0 saturated heterocycles. The first-order valence-electron chi connectivity index (χ1n) is 9.36. The first-order chi connectivity index (χ1) is 13.6. The van der Waals surface area contributed by atoms with Gasteiger partial charge >= 0.3 is 0 Å². The van der Waals surface area contributed by atoms with Crippen molar-refractivity contribution in [2.75, 3.05) is 30.3 Å². The maximum Gasteiger partial charge on any atom is 0.232 e. The second-order valence-electron chi connectivity index (χ2n) is 6.94. The summed E-state index contributed by atoms with van der Waals surface area (Å²) >= 11 is 0. The van der Waals surface area contributed by atoms with Crippen LogP contribution >= 0.6 is 0 Å². The number of rotatable bonds is 10. The molecule has 0 atom stereocenters. The number of hydrogen-bond donors (Lipinski definition) is 1. The fourth-order valence-electron chi connectivity index (χ4n) is 2.94. The zero-order valence-electron chi connectivity index (χ0n) is 16.9. The van der Waals surface area contributed by atoms with Crippen molar-refractivity contribution in [1.82, 2.24) is 5.32 Å². The van der Waals surface area contributed by atoms with Gasteiger partial charge in [0, 0.05) is 13.0 Å². The normalized spacial score (nSPS) is 11.2. The van der Waals surface area contributed by atoms with Crippen molar-refractivity contribution >= 4 is 21.6 Å². The van der Waals surface area contributed by atoms with Crippen molar-refractivity contribution in [3.63, 3.8) is 0 Å². The summed E-state index contributed by atoms with van der Waals surface area (Å²) in [4.78, 5) is 12.0. The Kier molecular flexibility index (Phi) is 8.01. The highest BCUT2D eigenvalue weighted by Crippen LogP contribution is 2.21. The molecule has 0 aliphatic heterocycles. The van der Waals surface area contributed by atoms with Crippen molar-refractivity contribution in [3.8, 4) is 5.75 Å². The number of amides is 1. The van der Waals surface area contributed by atoms with Crippen LogP contribution in [-0.4, -0.2) is 40.3 Å². The molecule has 2 aromatic rings. The number of nitrogens with zero attached hydrogens (tertiary/aromatic N) is 1. The Balaban J connectivity index is 1.78. The molecule has 2 aromatic carbocycles. The van der Waals surface area contributed by atoms with E-state index >= 15 is 0 Å². The van der Waals surface area contributed by atoms with Crippen LogP contribution in [0.5, 0.6) is 5.75 Å². The average molecular weight is 423 g/mol. The lowest BCUT2D eigenvalue weighted by Gasteiger charge is -2.23. The predicted octanol–water partition coefficient (Wildman–Crippen LogP) is 3.18. The Hall–Kier alpha value is -2.61. The van der Waals surface area contributed by atoms with E-state index in [1.807, 2.05) is 32.0 Å². The second kappa shape index (κ2) is 10.2. The van der Waals surface area contributed by atoms with Crippen molar-refractivity contribution < 1.29 is 22.3 Å². The Morgan fingerprint density at radius 1 is 1.10 bits per heavy atom. The van der Waals surface area contributed by atoms with Gasteiger partial charge in [0.25, 0.3) is 0 Å². The molecule has 0 aliphatic rings. The first-order valence-corrected chi connectivity index (χ1v) is 11.2. The van der Waals surface area contributed by atoms with Crippen molar-refractivity contribution in [1.29, 1.82) is 0 Å². The minimum Gasteiger partial charge on any atom is -0.492 e. The third kappa shape index (κ3) is 7.73. The molecule has 1 amide bonds. The summed E-state index contributed by atoms with van der Waals surface area (Å²) < 4.78 is 43.9. The standard InChI is InChI=1S/C21H27FN2O4S/c1-16-13-17(2)15-19(14-16)24(29(3,26)27)11-4-5-21(25)23-10-12-28-20-8-6-18(22)7-9-20/h6-9,13-15H,4-5,10-12H2,1-3H3,(H,23,25). The summed E-state index contributed by atoms with van der Waals surface area (Å²) in [5.41, 5.74) is 2.57. The SMILES string of the molecule is Cc1cc(C)cc(N(CCCC(=O)NCCOc2ccc(F)cc2)S(C)(=O)=O)c1. The molecular weight excluding hydrogens is 395 g/mol. The number of halogens is 1. The second-order valence-corrected chi connectivity index (χ2v) is 8.84. The third-order valence-electron chi connectivity index (χ3n) is 4.17. The number of sulfonamides is 1. The molecule has 6 nitrogen and oxygen atoms in total. The van der Waals surface area contributed by atoms with Gasteiger partial charge in [0.2, 0.25) is 15.9 Å². The van der Waals surface area contributed by atoms with Crippen LogP contribution in [0.2, 0.25) is 0 Å². The Bertz CT molecular complexity index is 910. The molecule has 8 heteroatoms. The van der Waals surface area contributed by atoms with Gasteiger partial charge in [0.1, 0.15) is 18.2 Å². The third-order valence-corrected chi connectivity index (χ3v) is 5.36. The van der Waals surface area contributed by atoms with Crippen LogP contribution < -0.4 is 14.4 Å². The summed E-state index contributed by atoms with van der Waals surface area (Å²) in [6.45, 7) is 4.62. The van der Waals surface area contributed by atoms with Gasteiger partial charge in [-0.3, -0.25) is 9.10 Å². The van der Waals surface area contributed by atoms with E-state index in [9.17, 15) is 17.6 Å². The number of nitrogens with one attached hydrogen (secondary N) is 1. The minimum atomic E-state index is -3.45. The number of carbonyl (C=O) groups excluding carboxylic acids is 1. The van der Waals surface area contributed by atoms with Crippen LogP contribution in [0.3, 0.4) is 0 Å². The first kappa shape index (κ1) is 22.7. The molecule has 1 N–H and O–H groups in total. The number of ether oxygens (including phenoxy) is 1. The monoisotopic (exact) mass is 422 g/mol. The van der Waals surface area contributed by atoms with Crippen LogP contribution in [-0.2, 0) is 14.8 Å². The summed E-state index contributed by atoms with van der Waals surface area (Å²) in [5.74, 6) is 0.00841. The molecule has 0 fully saturated rings. The number of carbonyl (C=O) groups is 1. The van der Waals surface area contributed by atoms with Gasteiger partial charge in [0.05, 0.1) is 18.5 Å². The van der Waals surface area contributed by atoms with E-state index in [1.54, 1.807) is 0 Å². The fraction of sp³-hybridized carbons (Fsp3) is 0.381. The van der Waals surface area contributed by atoms with Gasteiger partial charge in [-0.2, -0.15) is 0 Å². The average Bonchev–Trinajstić information content (AvgIpc) is 2.62. The molecule has 29 heavy (non-hydrogen) atoms. The lowest BCUT2D eigenvalue weighted by Crippen LogP contribution is -2.33. The minimum absolute atomic E-state index is 0.179. The maximum absolute atomic E-state index is 12.8. The molecule has 0 aliphatic carbocycles. The summed E-state index contributed by atoms with van der Waals surface area (Å²) in [5, 5.41) is 2.73. The Morgan fingerprint density at radius 2 is 1.72 bits per heavy atom. The largest absolute Gasteiger partial charge is 0.492 e. The number of hydrogen-bond acceptors (Lipinski definition) is 4. The van der Waals surface area contributed by atoms with Crippen LogP contribution in [0, 0.1) is 19.7 Å². The van der Waals surface area contributed by atoms with E-state index in [2.05, 4.69) is 5.32 Å². The van der Waals surface area contributed by atoms with Gasteiger partial charge in [-0.15, -0.1) is 0 Å². The molecule has 0 aromatic heterocycles. The lowest BCUT2D eigenvalue weighted by molar-refractivity contribution is -0.121. The molecule has 0 spiro atoms. The van der Waals surface area contributed by atoms with E-state index in [4.69, 9.17) is 4.74 Å². The van der Waals surface area contributed by atoms with Crippen molar-refractivity contribution in [2.45, 2.75) is 26.7 Å². The molecule has 0 radical (unpaired) electrons. The molecule has 0 heterocycles. The van der Waals surface area contributed by atoms with Crippen LogP contribution in [0.1, 0.15) is 24.0 Å². The Morgan fingerprint density at radius 3 is 2.31 bits per heavy atom. The van der Waals surface area contributed by atoms with E-state index in [1.165, 1.54) is 28.6 Å². The van der Waals surface area contributed by atoms with Gasteiger partial charge in [-0.1, -0.05) is 6.07 Å². The van der Waals surface area contributed by atoms with Crippen molar-refractivity contribution in [3.05, 3.63) is 59.4 Å². The number of anilines is 1. The Labute approximate surface area is 171 Å². The maximum atomic E-state index is 12.8. The van der Waals surface area contributed by atoms with Crippen LogP contribution in [0.25, 0.3) is 0 Å². The van der Waals surface area contributed by atoms with Crippen molar-refractivity contribution in [2.24, 2.45) is 0 Å². The van der Waals surface area contributed by atoms with Gasteiger partial charge in [-0.25, -0.2) is 12.8 Å². The smallest absolute Gasteiger partial charge is 0.232 e. The number of benzene rings is 2. The van der Waals surface area contributed by atoms with Crippen LogP contribution in [0.15, 0.2) is 42.5 Å². The zero-order valence-corrected chi connectivity index (χ0v) is 17.8. The summed E-state index contributed by atoms with van der Waals surface area (Å²) in [6, 6.07) is 11.3. The predicted molar refractivity (Wildman–Crippen MR) is 112 cm³/mol. The van der Waals surface area contributed by atoms with E-state index in [-0.39, 0.29) is 31.3 Å². The van der Waals surface area contributed by atoms with Gasteiger partial charge in [0.15, 0.2) is 0 Å². The lowest BCUT2D eigenvalue weighted by atomic mass is 10.1. The van der Waals surface area contributed by atoms with Gasteiger partial charge < -0.3 is 10.1 Å².